The summed E-state index contributed by atoms with van der Waals surface area (Å²) < 4.78 is 31.5. The van der Waals surface area contributed by atoms with E-state index in [1.54, 1.807) is 36.3 Å². The fourth-order valence-electron chi connectivity index (χ4n) is 3.18. The molecule has 0 bridgehead atoms. The minimum Gasteiger partial charge on any atom is -0.497 e. The monoisotopic (exact) mass is 359 g/mol. The number of nitrogens with zero attached hydrogens (tertiary/aromatic N) is 1. The zero-order chi connectivity index (χ0) is 18.7. The lowest BCUT2D eigenvalue weighted by atomic mass is 9.89. The smallest absolute Gasteiger partial charge is 0.253 e. The Labute approximate surface area is 150 Å². The van der Waals surface area contributed by atoms with Crippen LogP contribution in [0.4, 0.5) is 8.78 Å². The number of ketones is 1. The molecule has 6 heteroatoms. The van der Waals surface area contributed by atoms with Crippen molar-refractivity contribution in [2.75, 3.05) is 20.2 Å². The second-order valence-electron chi connectivity index (χ2n) is 6.31. The SMILES string of the molecule is COc1ccc(C(=O)N2CCCC(C(=O)c3ccc(F)c(F)c3)C2)cc1. The summed E-state index contributed by atoms with van der Waals surface area (Å²) in [5.41, 5.74) is 0.652. The molecule has 1 saturated heterocycles. The Morgan fingerprint density at radius 2 is 1.73 bits per heavy atom. The van der Waals surface area contributed by atoms with Crippen molar-refractivity contribution in [1.82, 2.24) is 4.90 Å². The third-order valence-corrected chi connectivity index (χ3v) is 4.62. The summed E-state index contributed by atoms with van der Waals surface area (Å²) in [6.07, 6.45) is 1.30. The van der Waals surface area contributed by atoms with Gasteiger partial charge in [-0.2, -0.15) is 0 Å². The lowest BCUT2D eigenvalue weighted by Crippen LogP contribution is -2.42. The van der Waals surface area contributed by atoms with Gasteiger partial charge in [-0.1, -0.05) is 0 Å². The normalized spacial score (nSPS) is 17.0. The Morgan fingerprint density at radius 1 is 1.04 bits per heavy atom. The molecule has 2 aromatic carbocycles. The Morgan fingerprint density at radius 3 is 2.38 bits per heavy atom. The van der Waals surface area contributed by atoms with E-state index in [1.165, 1.54) is 6.07 Å². The van der Waals surface area contributed by atoms with Crippen molar-refractivity contribution in [3.8, 4) is 5.75 Å². The minimum atomic E-state index is -1.04. The number of ether oxygens (including phenoxy) is 1. The summed E-state index contributed by atoms with van der Waals surface area (Å²) >= 11 is 0. The number of rotatable bonds is 4. The number of piperidine rings is 1. The van der Waals surface area contributed by atoms with Gasteiger partial charge in [-0.05, 0) is 55.3 Å². The number of hydrogen-bond acceptors (Lipinski definition) is 3. The van der Waals surface area contributed by atoms with E-state index in [1.807, 2.05) is 0 Å². The molecule has 2 aromatic rings. The zero-order valence-corrected chi connectivity index (χ0v) is 14.4. The van der Waals surface area contributed by atoms with Gasteiger partial charge < -0.3 is 9.64 Å². The highest BCUT2D eigenvalue weighted by Crippen LogP contribution is 2.24. The first kappa shape index (κ1) is 18.0. The van der Waals surface area contributed by atoms with Crippen molar-refractivity contribution in [1.29, 1.82) is 0 Å². The summed E-state index contributed by atoms with van der Waals surface area (Å²) in [5, 5.41) is 0. The molecule has 26 heavy (non-hydrogen) atoms. The third kappa shape index (κ3) is 3.74. The van der Waals surface area contributed by atoms with Gasteiger partial charge in [-0.15, -0.1) is 0 Å². The molecule has 1 amide bonds. The number of hydrogen-bond donors (Lipinski definition) is 0. The molecule has 3 rings (SSSR count). The molecule has 0 saturated carbocycles. The molecule has 1 aliphatic heterocycles. The standard InChI is InChI=1S/C20H19F2NO3/c1-26-16-7-4-13(5-8-16)20(25)23-10-2-3-15(12-23)19(24)14-6-9-17(21)18(22)11-14/h4-9,11,15H,2-3,10,12H2,1H3. The minimum absolute atomic E-state index is 0.132. The maximum atomic E-state index is 13.4. The molecule has 0 radical (unpaired) electrons. The van der Waals surface area contributed by atoms with E-state index in [2.05, 4.69) is 0 Å². The molecule has 1 atom stereocenters. The molecule has 0 aromatic heterocycles. The fraction of sp³-hybridized carbons (Fsp3) is 0.300. The summed E-state index contributed by atoms with van der Waals surface area (Å²) in [5.74, 6) is -2.21. The average molecular weight is 359 g/mol. The van der Waals surface area contributed by atoms with E-state index in [-0.39, 0.29) is 23.8 Å². The topological polar surface area (TPSA) is 46.6 Å². The van der Waals surface area contributed by atoms with E-state index in [0.717, 1.165) is 12.1 Å². The van der Waals surface area contributed by atoms with Gasteiger partial charge in [0, 0.05) is 30.1 Å². The zero-order valence-electron chi connectivity index (χ0n) is 14.4. The first-order chi connectivity index (χ1) is 12.5. The van der Waals surface area contributed by atoms with E-state index in [9.17, 15) is 18.4 Å². The number of methoxy groups -OCH3 is 1. The van der Waals surface area contributed by atoms with Crippen molar-refractivity contribution in [3.63, 3.8) is 0 Å². The lowest BCUT2D eigenvalue weighted by molar-refractivity contribution is 0.0637. The molecule has 136 valence electrons. The second kappa shape index (κ2) is 7.64. The van der Waals surface area contributed by atoms with Crippen LogP contribution in [-0.2, 0) is 0 Å². The highest BCUT2D eigenvalue weighted by atomic mass is 19.2. The van der Waals surface area contributed by atoms with Crippen LogP contribution in [0, 0.1) is 17.6 Å². The number of benzene rings is 2. The number of carbonyl (C=O) groups excluding carboxylic acids is 2. The van der Waals surface area contributed by atoms with Crippen LogP contribution in [0.1, 0.15) is 33.6 Å². The van der Waals surface area contributed by atoms with Crippen molar-refractivity contribution in [3.05, 3.63) is 65.2 Å². The van der Waals surface area contributed by atoms with Crippen LogP contribution in [0.5, 0.6) is 5.75 Å². The number of carbonyl (C=O) groups is 2. The Hall–Kier alpha value is -2.76. The summed E-state index contributed by atoms with van der Waals surface area (Å²) in [6, 6.07) is 9.94. The van der Waals surface area contributed by atoms with Gasteiger partial charge in [0.1, 0.15) is 5.75 Å². The third-order valence-electron chi connectivity index (χ3n) is 4.62. The maximum Gasteiger partial charge on any atom is 0.253 e. The predicted molar refractivity (Wildman–Crippen MR) is 92.3 cm³/mol. The average Bonchev–Trinajstić information content (AvgIpc) is 2.69. The molecule has 1 aliphatic rings. The van der Waals surface area contributed by atoms with Gasteiger partial charge in [0.2, 0.25) is 0 Å². The molecule has 0 N–H and O–H groups in total. The molecule has 1 fully saturated rings. The largest absolute Gasteiger partial charge is 0.497 e. The van der Waals surface area contributed by atoms with Crippen LogP contribution in [0.3, 0.4) is 0 Å². The van der Waals surface area contributed by atoms with Crippen LogP contribution in [0.2, 0.25) is 0 Å². The Bertz CT molecular complexity index is 820. The molecule has 0 spiro atoms. The summed E-state index contributed by atoms with van der Waals surface area (Å²) in [4.78, 5) is 26.9. The van der Waals surface area contributed by atoms with E-state index >= 15 is 0 Å². The van der Waals surface area contributed by atoms with E-state index in [4.69, 9.17) is 4.74 Å². The molecular weight excluding hydrogens is 340 g/mol. The number of likely N-dealkylation sites (tertiary alicyclic amines) is 1. The van der Waals surface area contributed by atoms with Gasteiger partial charge >= 0.3 is 0 Å². The van der Waals surface area contributed by atoms with Gasteiger partial charge in [-0.25, -0.2) is 8.78 Å². The second-order valence-corrected chi connectivity index (χ2v) is 6.31. The lowest BCUT2D eigenvalue weighted by Gasteiger charge is -2.32. The fourth-order valence-corrected chi connectivity index (χ4v) is 3.18. The van der Waals surface area contributed by atoms with Gasteiger partial charge in [-0.3, -0.25) is 9.59 Å². The highest BCUT2D eigenvalue weighted by molar-refractivity contribution is 5.99. The first-order valence-corrected chi connectivity index (χ1v) is 8.42. The molecule has 4 nitrogen and oxygen atoms in total. The maximum absolute atomic E-state index is 13.4. The Kier molecular flexibility index (Phi) is 5.30. The van der Waals surface area contributed by atoms with Crippen molar-refractivity contribution in [2.24, 2.45) is 5.92 Å². The van der Waals surface area contributed by atoms with E-state index < -0.39 is 17.6 Å². The molecule has 1 heterocycles. The van der Waals surface area contributed by atoms with Crippen LogP contribution in [-0.4, -0.2) is 36.8 Å². The van der Waals surface area contributed by atoms with Gasteiger partial charge in [0.05, 0.1) is 7.11 Å². The van der Waals surface area contributed by atoms with Crippen LogP contribution >= 0.6 is 0 Å². The van der Waals surface area contributed by atoms with Crippen molar-refractivity contribution in [2.45, 2.75) is 12.8 Å². The highest BCUT2D eigenvalue weighted by Gasteiger charge is 2.29. The number of Topliss-reactive ketones (excluding diaryl/α,β-unsaturated/α-hetero) is 1. The first-order valence-electron chi connectivity index (χ1n) is 8.42. The van der Waals surface area contributed by atoms with Crippen LogP contribution in [0.15, 0.2) is 42.5 Å². The van der Waals surface area contributed by atoms with Crippen molar-refractivity contribution < 1.29 is 23.1 Å². The van der Waals surface area contributed by atoms with Crippen LogP contribution in [0.25, 0.3) is 0 Å². The quantitative estimate of drug-likeness (QED) is 0.782. The Balaban J connectivity index is 1.72. The summed E-state index contributed by atoms with van der Waals surface area (Å²) in [7, 11) is 1.55. The van der Waals surface area contributed by atoms with Gasteiger partial charge in [0.25, 0.3) is 5.91 Å². The number of halogens is 2. The van der Waals surface area contributed by atoms with E-state index in [0.29, 0.717) is 30.7 Å². The van der Waals surface area contributed by atoms with Gasteiger partial charge in [0.15, 0.2) is 17.4 Å². The molecule has 0 aliphatic carbocycles. The molecule has 1 unspecified atom stereocenters. The van der Waals surface area contributed by atoms with Crippen LogP contribution < -0.4 is 4.74 Å². The number of amides is 1. The molecular formula is C20H19F2NO3. The predicted octanol–water partition coefficient (Wildman–Crippen LogP) is 3.71. The summed E-state index contributed by atoms with van der Waals surface area (Å²) in [6.45, 7) is 0.828. The van der Waals surface area contributed by atoms with Crippen molar-refractivity contribution >= 4 is 11.7 Å².